The molecule has 2 heterocycles. The predicted octanol–water partition coefficient (Wildman–Crippen LogP) is 1.89. The molecule has 0 saturated carbocycles. The normalized spacial score (nSPS) is 10.3. The minimum absolute atomic E-state index is 0.130. The largest absolute Gasteiger partial charge is 0.477 e. The molecule has 0 fully saturated rings. The van der Waals surface area contributed by atoms with Crippen LogP contribution in [0, 0.1) is 4.91 Å². The van der Waals surface area contributed by atoms with E-state index in [1.807, 2.05) is 0 Å². The fourth-order valence-electron chi connectivity index (χ4n) is 1.42. The maximum absolute atomic E-state index is 11.1. The zero-order valence-electron chi connectivity index (χ0n) is 8.95. The van der Waals surface area contributed by atoms with Gasteiger partial charge in [0.15, 0.2) is 11.5 Å². The smallest absolute Gasteiger partial charge is 0.354 e. The van der Waals surface area contributed by atoms with Gasteiger partial charge in [0.1, 0.15) is 6.54 Å². The number of carboxylic acid groups (broad SMARTS) is 1. The summed E-state index contributed by atoms with van der Waals surface area (Å²) in [5, 5.41) is 15.9. The quantitative estimate of drug-likeness (QED) is 0.852. The van der Waals surface area contributed by atoms with Crippen molar-refractivity contribution >= 4 is 17.6 Å². The van der Waals surface area contributed by atoms with Crippen LogP contribution in [0.5, 0.6) is 0 Å². The van der Waals surface area contributed by atoms with E-state index in [1.54, 1.807) is 12.1 Å². The van der Waals surface area contributed by atoms with Gasteiger partial charge < -0.3 is 5.11 Å². The maximum atomic E-state index is 11.1. The van der Waals surface area contributed by atoms with Gasteiger partial charge in [0, 0.05) is 6.20 Å². The summed E-state index contributed by atoms with van der Waals surface area (Å²) in [5.74, 6) is -1.00. The number of hydrogen-bond acceptors (Lipinski definition) is 5. The third-order valence-corrected chi connectivity index (χ3v) is 2.44. The van der Waals surface area contributed by atoms with E-state index in [9.17, 15) is 9.70 Å². The molecule has 8 heteroatoms. The van der Waals surface area contributed by atoms with Crippen molar-refractivity contribution in [3.05, 3.63) is 45.7 Å². The number of carboxylic acids is 1. The van der Waals surface area contributed by atoms with Crippen LogP contribution in [0.15, 0.2) is 29.6 Å². The Hall–Kier alpha value is -2.28. The van der Waals surface area contributed by atoms with Gasteiger partial charge in [0.2, 0.25) is 0 Å². The van der Waals surface area contributed by atoms with Crippen molar-refractivity contribution in [1.82, 2.24) is 14.8 Å². The van der Waals surface area contributed by atoms with Gasteiger partial charge in [-0.05, 0) is 18.2 Å². The predicted molar refractivity (Wildman–Crippen MR) is 62.8 cm³/mol. The Kier molecular flexibility index (Phi) is 3.33. The fraction of sp³-hybridized carbons (Fsp3) is 0.100. The molecule has 2 rings (SSSR count). The first-order valence-corrected chi connectivity index (χ1v) is 5.23. The second kappa shape index (κ2) is 4.92. The molecule has 0 aliphatic carbocycles. The SMILES string of the molecule is O=NCc1cc(C(=O)O)n(-c2ncccc2Cl)n1. The number of pyridine rings is 1. The van der Waals surface area contributed by atoms with Crippen LogP contribution >= 0.6 is 11.6 Å². The lowest BCUT2D eigenvalue weighted by atomic mass is 10.3. The first-order chi connectivity index (χ1) is 8.63. The average Bonchev–Trinajstić information content (AvgIpc) is 2.74. The van der Waals surface area contributed by atoms with Crippen molar-refractivity contribution in [2.75, 3.05) is 0 Å². The van der Waals surface area contributed by atoms with E-state index in [2.05, 4.69) is 15.3 Å². The van der Waals surface area contributed by atoms with Gasteiger partial charge in [-0.15, -0.1) is 0 Å². The molecule has 0 bridgehead atoms. The molecule has 0 spiro atoms. The highest BCUT2D eigenvalue weighted by atomic mass is 35.5. The number of halogens is 1. The standard InChI is InChI=1S/C10H7ClN4O3/c11-7-2-1-3-12-9(7)15-8(10(16)17)4-6(14-15)5-13-18/h1-4H,5H2,(H,16,17). The minimum Gasteiger partial charge on any atom is -0.477 e. The second-order valence-electron chi connectivity index (χ2n) is 3.33. The van der Waals surface area contributed by atoms with E-state index in [0.29, 0.717) is 0 Å². The lowest BCUT2D eigenvalue weighted by Gasteiger charge is -2.04. The van der Waals surface area contributed by atoms with Crippen LogP contribution in [0.2, 0.25) is 5.02 Å². The van der Waals surface area contributed by atoms with Gasteiger partial charge in [0.25, 0.3) is 0 Å². The number of rotatable bonds is 4. The molecule has 18 heavy (non-hydrogen) atoms. The topological polar surface area (TPSA) is 97.4 Å². The Morgan fingerprint density at radius 3 is 2.94 bits per heavy atom. The van der Waals surface area contributed by atoms with E-state index in [4.69, 9.17) is 16.7 Å². The highest BCUT2D eigenvalue weighted by Crippen LogP contribution is 2.19. The summed E-state index contributed by atoms with van der Waals surface area (Å²) in [6.07, 6.45) is 1.46. The van der Waals surface area contributed by atoms with Crippen LogP contribution in [-0.4, -0.2) is 25.8 Å². The van der Waals surface area contributed by atoms with Crippen LogP contribution < -0.4 is 0 Å². The van der Waals surface area contributed by atoms with E-state index < -0.39 is 5.97 Å². The molecular formula is C10H7ClN4O3. The first kappa shape index (κ1) is 12.2. The van der Waals surface area contributed by atoms with Crippen molar-refractivity contribution in [3.8, 4) is 5.82 Å². The van der Waals surface area contributed by atoms with Crippen molar-refractivity contribution in [3.63, 3.8) is 0 Å². The van der Waals surface area contributed by atoms with Crippen LogP contribution in [0.25, 0.3) is 5.82 Å². The Bertz CT molecular complexity index is 611. The van der Waals surface area contributed by atoms with Crippen LogP contribution in [0.1, 0.15) is 16.2 Å². The Morgan fingerprint density at radius 2 is 2.33 bits per heavy atom. The average molecular weight is 267 g/mol. The van der Waals surface area contributed by atoms with E-state index in [1.165, 1.54) is 12.3 Å². The number of aromatic nitrogens is 3. The summed E-state index contributed by atoms with van der Waals surface area (Å²) in [6, 6.07) is 4.44. The number of aromatic carboxylic acids is 1. The molecule has 0 atom stereocenters. The molecule has 2 aromatic heterocycles. The molecule has 0 aromatic carbocycles. The lowest BCUT2D eigenvalue weighted by Crippen LogP contribution is -2.09. The molecule has 92 valence electrons. The van der Waals surface area contributed by atoms with Crippen LogP contribution in [0.3, 0.4) is 0 Å². The Balaban J connectivity index is 2.59. The van der Waals surface area contributed by atoms with Gasteiger partial charge in [0.05, 0.1) is 10.7 Å². The third kappa shape index (κ3) is 2.21. The van der Waals surface area contributed by atoms with Gasteiger partial charge in [-0.3, -0.25) is 0 Å². The highest BCUT2D eigenvalue weighted by Gasteiger charge is 2.18. The zero-order valence-corrected chi connectivity index (χ0v) is 9.70. The molecule has 7 nitrogen and oxygen atoms in total. The number of nitroso groups, excluding NO2 is 1. The summed E-state index contributed by atoms with van der Waals surface area (Å²) >= 11 is 5.92. The molecule has 1 N–H and O–H groups in total. The molecule has 0 radical (unpaired) electrons. The fourth-order valence-corrected chi connectivity index (χ4v) is 1.62. The van der Waals surface area contributed by atoms with Gasteiger partial charge in [-0.2, -0.15) is 10.0 Å². The highest BCUT2D eigenvalue weighted by molar-refractivity contribution is 6.32. The molecular weight excluding hydrogens is 260 g/mol. The number of nitrogens with zero attached hydrogens (tertiary/aromatic N) is 4. The first-order valence-electron chi connectivity index (χ1n) is 4.85. The van der Waals surface area contributed by atoms with E-state index in [-0.39, 0.29) is 28.8 Å². The van der Waals surface area contributed by atoms with Crippen molar-refractivity contribution in [2.45, 2.75) is 6.54 Å². The molecule has 0 aliphatic heterocycles. The molecule has 0 amide bonds. The van der Waals surface area contributed by atoms with Crippen molar-refractivity contribution < 1.29 is 9.90 Å². The lowest BCUT2D eigenvalue weighted by molar-refractivity contribution is 0.0687. The Labute approximate surface area is 106 Å². The van der Waals surface area contributed by atoms with E-state index >= 15 is 0 Å². The van der Waals surface area contributed by atoms with Gasteiger partial charge >= 0.3 is 5.97 Å². The van der Waals surface area contributed by atoms with Gasteiger partial charge in [-0.25, -0.2) is 14.5 Å². The van der Waals surface area contributed by atoms with Crippen LogP contribution in [-0.2, 0) is 6.54 Å². The minimum atomic E-state index is -1.19. The number of carbonyl (C=O) groups is 1. The summed E-state index contributed by atoms with van der Waals surface area (Å²) in [5.41, 5.74) is 0.110. The third-order valence-electron chi connectivity index (χ3n) is 2.15. The molecule has 2 aromatic rings. The van der Waals surface area contributed by atoms with Crippen molar-refractivity contribution in [1.29, 1.82) is 0 Å². The molecule has 0 aliphatic rings. The summed E-state index contributed by atoms with van der Waals surface area (Å²) in [6.45, 7) is -0.211. The maximum Gasteiger partial charge on any atom is 0.354 e. The summed E-state index contributed by atoms with van der Waals surface area (Å²) in [4.78, 5) is 25.2. The van der Waals surface area contributed by atoms with E-state index in [0.717, 1.165) is 4.68 Å². The number of hydrogen-bond donors (Lipinski definition) is 1. The molecule has 0 unspecified atom stereocenters. The summed E-state index contributed by atoms with van der Waals surface area (Å²) < 4.78 is 1.07. The Morgan fingerprint density at radius 1 is 1.56 bits per heavy atom. The monoisotopic (exact) mass is 266 g/mol. The van der Waals surface area contributed by atoms with Crippen LogP contribution in [0.4, 0.5) is 0 Å². The zero-order chi connectivity index (χ0) is 13.1. The van der Waals surface area contributed by atoms with Gasteiger partial charge in [-0.1, -0.05) is 16.8 Å². The molecule has 0 saturated heterocycles. The summed E-state index contributed by atoms with van der Waals surface area (Å²) in [7, 11) is 0. The second-order valence-corrected chi connectivity index (χ2v) is 3.74. The van der Waals surface area contributed by atoms with Crippen molar-refractivity contribution in [2.24, 2.45) is 5.18 Å².